The van der Waals surface area contributed by atoms with Crippen LogP contribution in [0.4, 0.5) is 23.9 Å². The molecule has 0 radical (unpaired) electrons. The number of piperidine rings is 1. The molecule has 25 heavy (non-hydrogen) atoms. The van der Waals surface area contributed by atoms with Crippen LogP contribution in [0.5, 0.6) is 0 Å². The van der Waals surface area contributed by atoms with Crippen molar-refractivity contribution in [3.05, 3.63) is 23.8 Å². The monoisotopic (exact) mass is 357 g/mol. The molecule has 3 heterocycles. The fourth-order valence-corrected chi connectivity index (χ4v) is 2.89. The van der Waals surface area contributed by atoms with Crippen LogP contribution in [0, 0.1) is 5.82 Å². The van der Waals surface area contributed by atoms with Gasteiger partial charge in [-0.25, -0.2) is 27.5 Å². The number of halogens is 3. The molecule has 0 saturated carbocycles. The fourth-order valence-electron chi connectivity index (χ4n) is 2.89. The number of carbonyl (C=O) groups is 1. The summed E-state index contributed by atoms with van der Waals surface area (Å²) >= 11 is 0. The van der Waals surface area contributed by atoms with Crippen molar-refractivity contribution in [2.75, 3.05) is 18.4 Å². The van der Waals surface area contributed by atoms with Crippen molar-refractivity contribution in [1.29, 1.82) is 0 Å². The van der Waals surface area contributed by atoms with Gasteiger partial charge in [-0.2, -0.15) is 0 Å². The van der Waals surface area contributed by atoms with Crippen LogP contribution in [-0.4, -0.2) is 55.8 Å². The Hall–Kier alpha value is -2.52. The highest BCUT2D eigenvalue weighted by Crippen LogP contribution is 2.29. The van der Waals surface area contributed by atoms with Gasteiger partial charge in [0.1, 0.15) is 5.52 Å². The molecule has 0 spiro atoms. The molecule has 1 fully saturated rings. The Kier molecular flexibility index (Phi) is 4.21. The average Bonchev–Trinajstić information content (AvgIpc) is 2.85. The topological polar surface area (TPSA) is 82.8 Å². The van der Waals surface area contributed by atoms with E-state index in [9.17, 15) is 18.0 Å². The lowest BCUT2D eigenvalue weighted by atomic mass is 10.0. The molecule has 2 aromatic rings. The highest BCUT2D eigenvalue weighted by atomic mass is 19.3. The van der Waals surface area contributed by atoms with Gasteiger partial charge in [0.2, 0.25) is 5.95 Å². The molecule has 1 saturated heterocycles. The molecule has 1 atom stereocenters. The van der Waals surface area contributed by atoms with E-state index in [0.29, 0.717) is 10.6 Å². The Bertz CT molecular complexity index is 808. The van der Waals surface area contributed by atoms with Gasteiger partial charge in [-0.05, 0) is 18.4 Å². The first kappa shape index (κ1) is 17.3. The largest absolute Gasteiger partial charge is 0.465 e. The van der Waals surface area contributed by atoms with E-state index < -0.39 is 30.4 Å². The van der Waals surface area contributed by atoms with Crippen LogP contribution in [0.15, 0.2) is 12.3 Å². The summed E-state index contributed by atoms with van der Waals surface area (Å²) in [5.41, 5.74) is 0.770. The Morgan fingerprint density at radius 3 is 2.80 bits per heavy atom. The Labute approximate surface area is 141 Å². The molecule has 10 heteroatoms. The number of fused-ring (bicyclic) bond motifs is 1. The smallest absolute Gasteiger partial charge is 0.407 e. The standard InChI is InChI=1S/C15H18F3N5O2/c1-8(2)10-5-9(16)11-6-19-13(21-23(10)11)20-12-3-4-22(14(24)25)7-15(12,17)18/h5-6,8,12H,3-4,7H2,1-2H3,(H,20,21)(H,24,25)/t12-/m1/s1. The third kappa shape index (κ3) is 3.20. The number of nitrogens with one attached hydrogen (secondary N) is 1. The van der Waals surface area contributed by atoms with Gasteiger partial charge in [-0.3, -0.25) is 0 Å². The molecule has 0 aromatic carbocycles. The van der Waals surface area contributed by atoms with Crippen LogP contribution >= 0.6 is 0 Å². The number of likely N-dealkylation sites (tertiary alicyclic amines) is 1. The predicted octanol–water partition coefficient (Wildman–Crippen LogP) is 2.79. The van der Waals surface area contributed by atoms with Gasteiger partial charge in [0.15, 0.2) is 5.82 Å². The maximum absolute atomic E-state index is 14.2. The van der Waals surface area contributed by atoms with Gasteiger partial charge in [-0.1, -0.05) is 13.8 Å². The number of anilines is 1. The second-order valence-electron chi connectivity index (χ2n) is 6.40. The van der Waals surface area contributed by atoms with Crippen LogP contribution in [0.2, 0.25) is 0 Å². The molecule has 0 aliphatic carbocycles. The van der Waals surface area contributed by atoms with E-state index in [1.54, 1.807) is 0 Å². The third-order valence-electron chi connectivity index (χ3n) is 4.26. The summed E-state index contributed by atoms with van der Waals surface area (Å²) in [5, 5.41) is 15.5. The van der Waals surface area contributed by atoms with E-state index in [1.807, 2.05) is 13.8 Å². The average molecular weight is 357 g/mol. The second kappa shape index (κ2) is 6.08. The first-order valence-electron chi connectivity index (χ1n) is 7.85. The van der Waals surface area contributed by atoms with E-state index in [1.165, 1.54) is 16.8 Å². The third-order valence-corrected chi connectivity index (χ3v) is 4.26. The normalized spacial score (nSPS) is 20.2. The summed E-state index contributed by atoms with van der Waals surface area (Å²) in [6, 6.07) is 0.0433. The molecule has 1 amide bonds. The molecule has 136 valence electrons. The summed E-state index contributed by atoms with van der Waals surface area (Å²) in [5.74, 6) is -3.81. The number of hydrogen-bond donors (Lipinski definition) is 2. The van der Waals surface area contributed by atoms with Crippen molar-refractivity contribution in [2.24, 2.45) is 0 Å². The molecule has 0 unspecified atom stereocenters. The van der Waals surface area contributed by atoms with Gasteiger partial charge in [-0.15, -0.1) is 5.10 Å². The first-order valence-corrected chi connectivity index (χ1v) is 7.85. The first-order chi connectivity index (χ1) is 11.7. The number of aromatic nitrogens is 3. The lowest BCUT2D eigenvalue weighted by Crippen LogP contribution is -2.55. The van der Waals surface area contributed by atoms with Gasteiger partial charge in [0.25, 0.3) is 5.92 Å². The second-order valence-corrected chi connectivity index (χ2v) is 6.40. The Morgan fingerprint density at radius 2 is 2.20 bits per heavy atom. The quantitative estimate of drug-likeness (QED) is 0.883. The minimum atomic E-state index is -3.27. The lowest BCUT2D eigenvalue weighted by Gasteiger charge is -2.37. The molecule has 2 N–H and O–H groups in total. The van der Waals surface area contributed by atoms with E-state index in [-0.39, 0.29) is 30.3 Å². The highest BCUT2D eigenvalue weighted by Gasteiger charge is 2.46. The van der Waals surface area contributed by atoms with Crippen LogP contribution < -0.4 is 5.32 Å². The van der Waals surface area contributed by atoms with Gasteiger partial charge in [0.05, 0.1) is 18.8 Å². The van der Waals surface area contributed by atoms with Crippen molar-refractivity contribution in [3.63, 3.8) is 0 Å². The van der Waals surface area contributed by atoms with Crippen molar-refractivity contribution in [1.82, 2.24) is 19.5 Å². The molecular formula is C15H18F3N5O2. The minimum absolute atomic E-state index is 0.0137. The summed E-state index contributed by atoms with van der Waals surface area (Å²) in [7, 11) is 0. The molecule has 1 aliphatic rings. The van der Waals surface area contributed by atoms with Gasteiger partial charge in [0, 0.05) is 12.2 Å². The van der Waals surface area contributed by atoms with Crippen molar-refractivity contribution in [3.8, 4) is 0 Å². The maximum atomic E-state index is 14.2. The summed E-state index contributed by atoms with van der Waals surface area (Å²) in [6.07, 6.45) is -0.223. The molecule has 3 rings (SSSR count). The summed E-state index contributed by atoms with van der Waals surface area (Å²) in [6.45, 7) is 2.83. The van der Waals surface area contributed by atoms with Gasteiger partial charge < -0.3 is 15.3 Å². The molecular weight excluding hydrogens is 339 g/mol. The number of rotatable bonds is 3. The highest BCUT2D eigenvalue weighted by molar-refractivity contribution is 5.65. The van der Waals surface area contributed by atoms with Crippen LogP contribution in [0.25, 0.3) is 5.52 Å². The maximum Gasteiger partial charge on any atom is 0.407 e. The molecule has 7 nitrogen and oxygen atoms in total. The van der Waals surface area contributed by atoms with E-state index in [4.69, 9.17) is 5.11 Å². The zero-order chi connectivity index (χ0) is 18.4. The predicted molar refractivity (Wildman–Crippen MR) is 83.6 cm³/mol. The van der Waals surface area contributed by atoms with Crippen LogP contribution in [0.3, 0.4) is 0 Å². The summed E-state index contributed by atoms with van der Waals surface area (Å²) in [4.78, 5) is 15.5. The summed E-state index contributed by atoms with van der Waals surface area (Å²) < 4.78 is 43.6. The number of hydrogen-bond acceptors (Lipinski definition) is 4. The molecule has 0 bridgehead atoms. The van der Waals surface area contributed by atoms with Gasteiger partial charge >= 0.3 is 6.09 Å². The van der Waals surface area contributed by atoms with Crippen molar-refractivity contribution >= 4 is 17.6 Å². The number of amides is 1. The lowest BCUT2D eigenvalue weighted by molar-refractivity contribution is -0.0674. The van der Waals surface area contributed by atoms with Crippen molar-refractivity contribution in [2.45, 2.75) is 38.2 Å². The Balaban J connectivity index is 1.86. The zero-order valence-electron chi connectivity index (χ0n) is 13.7. The van der Waals surface area contributed by atoms with E-state index in [0.717, 1.165) is 0 Å². The number of nitrogens with zero attached hydrogens (tertiary/aromatic N) is 4. The fraction of sp³-hybridized carbons (Fsp3) is 0.533. The zero-order valence-corrected chi connectivity index (χ0v) is 13.7. The minimum Gasteiger partial charge on any atom is -0.465 e. The van der Waals surface area contributed by atoms with E-state index in [2.05, 4.69) is 15.4 Å². The van der Waals surface area contributed by atoms with Crippen LogP contribution in [-0.2, 0) is 0 Å². The SMILES string of the molecule is CC(C)c1cc(F)c2cnc(N[C@@H]3CCN(C(=O)O)CC3(F)F)nn12. The molecule has 1 aliphatic heterocycles. The van der Waals surface area contributed by atoms with Crippen molar-refractivity contribution < 1.29 is 23.1 Å². The Morgan fingerprint density at radius 1 is 1.48 bits per heavy atom. The molecule has 2 aromatic heterocycles. The van der Waals surface area contributed by atoms with E-state index >= 15 is 0 Å². The number of carboxylic acid groups (broad SMARTS) is 1. The van der Waals surface area contributed by atoms with Crippen LogP contribution in [0.1, 0.15) is 31.9 Å². The number of alkyl halides is 2.